The highest BCUT2D eigenvalue weighted by atomic mass is 16.5. The number of anilines is 1. The second-order valence-electron chi connectivity index (χ2n) is 4.89. The molecule has 102 valence electrons. The Balaban J connectivity index is 2.24. The summed E-state index contributed by atoms with van der Waals surface area (Å²) in [6.07, 6.45) is 1.98. The molecule has 0 amide bonds. The second kappa shape index (κ2) is 8.03. The molecule has 0 fully saturated rings. The monoisotopic (exact) mass is 251 g/mol. The third kappa shape index (κ3) is 5.96. The summed E-state index contributed by atoms with van der Waals surface area (Å²) in [7, 11) is 0. The fourth-order valence-corrected chi connectivity index (χ4v) is 1.55. The average molecular weight is 251 g/mol. The van der Waals surface area contributed by atoms with Gasteiger partial charge < -0.3 is 10.1 Å². The van der Waals surface area contributed by atoms with E-state index >= 15 is 0 Å². The van der Waals surface area contributed by atoms with E-state index in [9.17, 15) is 0 Å². The number of rotatable bonds is 8. The molecule has 0 saturated heterocycles. The van der Waals surface area contributed by atoms with Gasteiger partial charge in [-0.3, -0.25) is 0 Å². The Morgan fingerprint density at radius 2 is 2.06 bits per heavy atom. The number of aryl methyl sites for hydroxylation is 2. The zero-order valence-electron chi connectivity index (χ0n) is 12.0. The van der Waals surface area contributed by atoms with Crippen molar-refractivity contribution in [2.75, 3.05) is 25.1 Å². The van der Waals surface area contributed by atoms with E-state index in [0.717, 1.165) is 49.9 Å². The fraction of sp³-hybridized carbons (Fsp3) is 0.714. The average Bonchev–Trinajstić information content (AvgIpc) is 2.32. The Labute approximate surface area is 110 Å². The van der Waals surface area contributed by atoms with Gasteiger partial charge in [-0.25, -0.2) is 9.97 Å². The van der Waals surface area contributed by atoms with Crippen molar-refractivity contribution in [2.24, 2.45) is 5.92 Å². The largest absolute Gasteiger partial charge is 0.380 e. The van der Waals surface area contributed by atoms with E-state index in [1.165, 1.54) is 0 Å². The van der Waals surface area contributed by atoms with Crippen LogP contribution in [0.15, 0.2) is 6.07 Å². The Morgan fingerprint density at radius 3 is 2.72 bits per heavy atom. The van der Waals surface area contributed by atoms with Crippen LogP contribution in [0.5, 0.6) is 0 Å². The van der Waals surface area contributed by atoms with E-state index in [1.807, 2.05) is 13.0 Å². The molecule has 0 spiro atoms. The molecule has 4 heteroatoms. The molecule has 0 unspecified atom stereocenters. The van der Waals surface area contributed by atoms with Gasteiger partial charge in [-0.05, 0) is 19.3 Å². The SMILES string of the molecule is CCc1nc(C)cc(NCCOCCC(C)C)n1. The topological polar surface area (TPSA) is 47.0 Å². The lowest BCUT2D eigenvalue weighted by Gasteiger charge is -2.09. The van der Waals surface area contributed by atoms with Crippen LogP contribution in [-0.4, -0.2) is 29.7 Å². The Morgan fingerprint density at radius 1 is 1.28 bits per heavy atom. The Kier molecular flexibility index (Phi) is 6.65. The minimum absolute atomic E-state index is 0.703. The molecule has 1 aromatic rings. The molecule has 0 aliphatic heterocycles. The third-order valence-corrected chi connectivity index (χ3v) is 2.61. The Hall–Kier alpha value is -1.16. The minimum Gasteiger partial charge on any atom is -0.380 e. The molecule has 0 bridgehead atoms. The number of nitrogens with one attached hydrogen (secondary N) is 1. The van der Waals surface area contributed by atoms with Crippen LogP contribution in [0, 0.1) is 12.8 Å². The summed E-state index contributed by atoms with van der Waals surface area (Å²) in [5.74, 6) is 2.49. The van der Waals surface area contributed by atoms with Crippen molar-refractivity contribution in [2.45, 2.75) is 40.5 Å². The van der Waals surface area contributed by atoms with Crippen molar-refractivity contribution in [1.82, 2.24) is 9.97 Å². The van der Waals surface area contributed by atoms with E-state index in [2.05, 4.69) is 36.1 Å². The quantitative estimate of drug-likeness (QED) is 0.722. The summed E-state index contributed by atoms with van der Waals surface area (Å²) in [5.41, 5.74) is 1.00. The highest BCUT2D eigenvalue weighted by molar-refractivity contribution is 5.35. The Bertz CT molecular complexity index is 353. The molecule has 1 heterocycles. The summed E-state index contributed by atoms with van der Waals surface area (Å²) in [5, 5.41) is 3.27. The predicted molar refractivity (Wildman–Crippen MR) is 74.9 cm³/mol. The highest BCUT2D eigenvalue weighted by Gasteiger charge is 2.00. The summed E-state index contributed by atoms with van der Waals surface area (Å²) in [4.78, 5) is 8.77. The van der Waals surface area contributed by atoms with E-state index in [1.54, 1.807) is 0 Å². The first-order valence-electron chi connectivity index (χ1n) is 6.78. The maximum Gasteiger partial charge on any atom is 0.130 e. The molecule has 1 aromatic heterocycles. The van der Waals surface area contributed by atoms with Crippen LogP contribution in [0.3, 0.4) is 0 Å². The van der Waals surface area contributed by atoms with Gasteiger partial charge in [0.15, 0.2) is 0 Å². The smallest absolute Gasteiger partial charge is 0.130 e. The molecule has 1 N–H and O–H groups in total. The third-order valence-electron chi connectivity index (χ3n) is 2.61. The number of hydrogen-bond acceptors (Lipinski definition) is 4. The van der Waals surface area contributed by atoms with Crippen LogP contribution in [0.4, 0.5) is 5.82 Å². The molecule has 18 heavy (non-hydrogen) atoms. The van der Waals surface area contributed by atoms with E-state index in [0.29, 0.717) is 5.92 Å². The summed E-state index contributed by atoms with van der Waals surface area (Å²) < 4.78 is 5.55. The van der Waals surface area contributed by atoms with Crippen LogP contribution < -0.4 is 5.32 Å². The predicted octanol–water partition coefficient (Wildman–Crippen LogP) is 2.82. The standard InChI is InChI=1S/C14H25N3O/c1-5-13-16-12(4)10-14(17-13)15-7-9-18-8-6-11(2)3/h10-11H,5-9H2,1-4H3,(H,15,16,17). The van der Waals surface area contributed by atoms with Gasteiger partial charge in [0.25, 0.3) is 0 Å². The molecule has 0 saturated carbocycles. The van der Waals surface area contributed by atoms with Gasteiger partial charge in [0.2, 0.25) is 0 Å². The number of nitrogens with zero attached hydrogens (tertiary/aromatic N) is 2. The van der Waals surface area contributed by atoms with Crippen molar-refractivity contribution < 1.29 is 4.74 Å². The second-order valence-corrected chi connectivity index (χ2v) is 4.89. The van der Waals surface area contributed by atoms with E-state index < -0.39 is 0 Å². The fourth-order valence-electron chi connectivity index (χ4n) is 1.55. The van der Waals surface area contributed by atoms with Crippen molar-refractivity contribution in [3.8, 4) is 0 Å². The maximum absolute atomic E-state index is 5.55. The lowest BCUT2D eigenvalue weighted by Crippen LogP contribution is -2.12. The summed E-state index contributed by atoms with van der Waals surface area (Å²) in [6.45, 7) is 10.8. The van der Waals surface area contributed by atoms with Crippen LogP contribution in [-0.2, 0) is 11.2 Å². The van der Waals surface area contributed by atoms with Gasteiger partial charge in [0.1, 0.15) is 11.6 Å². The van der Waals surface area contributed by atoms with Crippen LogP contribution in [0.1, 0.15) is 38.7 Å². The van der Waals surface area contributed by atoms with Gasteiger partial charge in [-0.15, -0.1) is 0 Å². The number of ether oxygens (including phenoxy) is 1. The van der Waals surface area contributed by atoms with Gasteiger partial charge in [0, 0.05) is 31.3 Å². The molecule has 0 atom stereocenters. The van der Waals surface area contributed by atoms with Crippen molar-refractivity contribution in [3.05, 3.63) is 17.6 Å². The first-order chi connectivity index (χ1) is 8.61. The zero-order valence-corrected chi connectivity index (χ0v) is 12.0. The van der Waals surface area contributed by atoms with Gasteiger partial charge in [0.05, 0.1) is 6.61 Å². The molecule has 0 aliphatic rings. The molecule has 1 rings (SSSR count). The lowest BCUT2D eigenvalue weighted by atomic mass is 10.1. The molecule has 0 aliphatic carbocycles. The first kappa shape index (κ1) is 14.9. The van der Waals surface area contributed by atoms with E-state index in [4.69, 9.17) is 4.74 Å². The normalized spacial score (nSPS) is 10.9. The lowest BCUT2D eigenvalue weighted by molar-refractivity contribution is 0.132. The van der Waals surface area contributed by atoms with Crippen molar-refractivity contribution in [1.29, 1.82) is 0 Å². The molecular weight excluding hydrogens is 226 g/mol. The molecular formula is C14H25N3O. The van der Waals surface area contributed by atoms with Crippen LogP contribution in [0.25, 0.3) is 0 Å². The summed E-state index contributed by atoms with van der Waals surface area (Å²) in [6, 6.07) is 1.97. The van der Waals surface area contributed by atoms with Gasteiger partial charge in [-0.1, -0.05) is 20.8 Å². The zero-order chi connectivity index (χ0) is 13.4. The first-order valence-corrected chi connectivity index (χ1v) is 6.78. The minimum atomic E-state index is 0.703. The summed E-state index contributed by atoms with van der Waals surface area (Å²) >= 11 is 0. The van der Waals surface area contributed by atoms with E-state index in [-0.39, 0.29) is 0 Å². The van der Waals surface area contributed by atoms with Crippen molar-refractivity contribution in [3.63, 3.8) is 0 Å². The van der Waals surface area contributed by atoms with Crippen LogP contribution >= 0.6 is 0 Å². The molecule has 0 radical (unpaired) electrons. The molecule has 0 aromatic carbocycles. The maximum atomic E-state index is 5.55. The van der Waals surface area contributed by atoms with Gasteiger partial charge in [-0.2, -0.15) is 0 Å². The number of hydrogen-bond donors (Lipinski definition) is 1. The van der Waals surface area contributed by atoms with Crippen molar-refractivity contribution >= 4 is 5.82 Å². The number of aromatic nitrogens is 2. The van der Waals surface area contributed by atoms with Crippen LogP contribution in [0.2, 0.25) is 0 Å². The molecule has 4 nitrogen and oxygen atoms in total. The van der Waals surface area contributed by atoms with Gasteiger partial charge >= 0.3 is 0 Å². The highest BCUT2D eigenvalue weighted by Crippen LogP contribution is 2.06.